The highest BCUT2D eigenvalue weighted by Gasteiger charge is 2.38. The lowest BCUT2D eigenvalue weighted by atomic mass is 10.1. The number of hydrogen-bond acceptors (Lipinski definition) is 4. The Labute approximate surface area is 110 Å². The van der Waals surface area contributed by atoms with Gasteiger partial charge in [-0.3, -0.25) is 0 Å². The molecule has 1 aliphatic heterocycles. The highest BCUT2D eigenvalue weighted by molar-refractivity contribution is 6.74. The minimum atomic E-state index is -1.87. The van der Waals surface area contributed by atoms with Crippen LogP contribution in [0.25, 0.3) is 0 Å². The predicted octanol–water partition coefficient (Wildman–Crippen LogP) is 2.24. The third kappa shape index (κ3) is 3.93. The minimum Gasteiger partial charge on any atom is -0.456 e. The fourth-order valence-electron chi connectivity index (χ4n) is 1.39. The number of carbonyl (C=O) groups is 1. The van der Waals surface area contributed by atoms with E-state index in [1.165, 1.54) is 6.08 Å². The summed E-state index contributed by atoms with van der Waals surface area (Å²) in [4.78, 5) is 11.1. The van der Waals surface area contributed by atoms with Gasteiger partial charge in [0.1, 0.15) is 12.2 Å². The average Bonchev–Trinajstić information content (AvgIpc) is 2.24. The van der Waals surface area contributed by atoms with Crippen molar-refractivity contribution in [1.82, 2.24) is 0 Å². The number of esters is 1. The summed E-state index contributed by atoms with van der Waals surface area (Å²) in [5, 5.41) is 10.1. The topological polar surface area (TPSA) is 55.8 Å². The molecular weight excluding hydrogens is 248 g/mol. The SMILES string of the molecule is CC(C)(C)[Si](C)(C)OC[C@@H](O)[C@H]1CC=CC(=O)O1. The number of ether oxygens (including phenoxy) is 1. The zero-order valence-electron chi connectivity index (χ0n) is 11.9. The molecule has 104 valence electrons. The highest BCUT2D eigenvalue weighted by atomic mass is 28.4. The second-order valence-corrected chi connectivity index (χ2v) is 11.1. The molecule has 0 saturated heterocycles. The summed E-state index contributed by atoms with van der Waals surface area (Å²) in [5.74, 6) is -0.391. The summed E-state index contributed by atoms with van der Waals surface area (Å²) in [7, 11) is -1.87. The maximum Gasteiger partial charge on any atom is 0.330 e. The molecule has 2 atom stereocenters. The Morgan fingerprint density at radius 3 is 2.67 bits per heavy atom. The van der Waals surface area contributed by atoms with Crippen molar-refractivity contribution in [3.8, 4) is 0 Å². The number of carbonyl (C=O) groups excluding carboxylic acids is 1. The first kappa shape index (κ1) is 15.4. The maximum atomic E-state index is 11.1. The van der Waals surface area contributed by atoms with Gasteiger partial charge in [-0.15, -0.1) is 0 Å². The van der Waals surface area contributed by atoms with Crippen LogP contribution in [0.1, 0.15) is 27.2 Å². The Morgan fingerprint density at radius 2 is 2.17 bits per heavy atom. The van der Waals surface area contributed by atoms with E-state index in [0.717, 1.165) is 0 Å². The van der Waals surface area contributed by atoms with Crippen LogP contribution in [0.5, 0.6) is 0 Å². The monoisotopic (exact) mass is 272 g/mol. The molecule has 0 aliphatic carbocycles. The van der Waals surface area contributed by atoms with Gasteiger partial charge in [-0.1, -0.05) is 26.8 Å². The van der Waals surface area contributed by atoms with Gasteiger partial charge >= 0.3 is 5.97 Å². The molecule has 1 aliphatic rings. The largest absolute Gasteiger partial charge is 0.456 e. The van der Waals surface area contributed by atoms with E-state index in [0.29, 0.717) is 6.42 Å². The van der Waals surface area contributed by atoms with Gasteiger partial charge in [0.05, 0.1) is 6.61 Å². The van der Waals surface area contributed by atoms with Crippen molar-refractivity contribution < 1.29 is 19.1 Å². The molecule has 1 heterocycles. The normalized spacial score (nSPS) is 22.8. The molecule has 0 radical (unpaired) electrons. The molecule has 5 heteroatoms. The van der Waals surface area contributed by atoms with Crippen LogP contribution in [0.3, 0.4) is 0 Å². The number of cyclic esters (lactones) is 1. The Morgan fingerprint density at radius 1 is 1.56 bits per heavy atom. The van der Waals surface area contributed by atoms with Gasteiger partial charge in [0, 0.05) is 12.5 Å². The number of aliphatic hydroxyl groups is 1. The molecule has 1 N–H and O–H groups in total. The van der Waals surface area contributed by atoms with Crippen LogP contribution in [-0.4, -0.2) is 38.2 Å². The lowest BCUT2D eigenvalue weighted by molar-refractivity contribution is -0.151. The fraction of sp³-hybridized carbons (Fsp3) is 0.769. The van der Waals surface area contributed by atoms with E-state index < -0.39 is 26.5 Å². The summed E-state index contributed by atoms with van der Waals surface area (Å²) in [6.45, 7) is 10.9. The molecule has 0 aromatic rings. The van der Waals surface area contributed by atoms with Crippen LogP contribution in [-0.2, 0) is 14.0 Å². The van der Waals surface area contributed by atoms with E-state index >= 15 is 0 Å². The lowest BCUT2D eigenvalue weighted by Crippen LogP contribution is -2.45. The number of rotatable bonds is 4. The molecule has 0 aromatic carbocycles. The van der Waals surface area contributed by atoms with Crippen LogP contribution in [0.15, 0.2) is 12.2 Å². The zero-order valence-corrected chi connectivity index (χ0v) is 12.9. The molecule has 4 nitrogen and oxygen atoms in total. The standard InChI is InChI=1S/C13H24O4Si/c1-13(2,3)18(4,5)16-9-10(14)11-7-6-8-12(15)17-11/h6,8,10-11,14H,7,9H2,1-5H3/t10-,11-/m1/s1. The maximum absolute atomic E-state index is 11.1. The van der Waals surface area contributed by atoms with E-state index in [1.54, 1.807) is 6.08 Å². The molecule has 18 heavy (non-hydrogen) atoms. The van der Waals surface area contributed by atoms with Gasteiger partial charge in [0.25, 0.3) is 0 Å². The van der Waals surface area contributed by atoms with Gasteiger partial charge in [-0.25, -0.2) is 4.79 Å². The summed E-state index contributed by atoms with van der Waals surface area (Å²) in [5.41, 5.74) is 0. The van der Waals surface area contributed by atoms with Crippen LogP contribution >= 0.6 is 0 Å². The van der Waals surface area contributed by atoms with Gasteiger partial charge in [0.2, 0.25) is 0 Å². The van der Waals surface area contributed by atoms with Crippen molar-refractivity contribution in [3.63, 3.8) is 0 Å². The van der Waals surface area contributed by atoms with Gasteiger partial charge in [0.15, 0.2) is 8.32 Å². The zero-order chi connectivity index (χ0) is 14.0. The summed E-state index contributed by atoms with van der Waals surface area (Å²) >= 11 is 0. The van der Waals surface area contributed by atoms with Crippen molar-refractivity contribution in [3.05, 3.63) is 12.2 Å². The van der Waals surface area contributed by atoms with Crippen molar-refractivity contribution in [2.45, 2.75) is 57.5 Å². The number of aliphatic hydroxyl groups excluding tert-OH is 1. The number of hydrogen-bond donors (Lipinski definition) is 1. The summed E-state index contributed by atoms with van der Waals surface area (Å²) in [6.07, 6.45) is 2.43. The van der Waals surface area contributed by atoms with Crippen molar-refractivity contribution in [2.24, 2.45) is 0 Å². The van der Waals surface area contributed by atoms with Crippen LogP contribution < -0.4 is 0 Å². The Hall–Kier alpha value is -0.653. The molecule has 0 fully saturated rings. The molecule has 1 rings (SSSR count). The van der Waals surface area contributed by atoms with Gasteiger partial charge < -0.3 is 14.3 Å². The van der Waals surface area contributed by atoms with Crippen molar-refractivity contribution in [2.75, 3.05) is 6.61 Å². The minimum absolute atomic E-state index is 0.107. The Bertz CT molecular complexity index is 330. The molecule has 0 amide bonds. The second-order valence-electron chi connectivity index (χ2n) is 6.25. The van der Waals surface area contributed by atoms with Crippen LogP contribution in [0.2, 0.25) is 18.1 Å². The first-order valence-electron chi connectivity index (χ1n) is 6.33. The first-order valence-corrected chi connectivity index (χ1v) is 9.23. The Kier molecular flexibility index (Phi) is 4.75. The quantitative estimate of drug-likeness (QED) is 0.630. The molecule has 0 bridgehead atoms. The van der Waals surface area contributed by atoms with E-state index in [-0.39, 0.29) is 11.6 Å². The van der Waals surface area contributed by atoms with E-state index in [4.69, 9.17) is 9.16 Å². The van der Waals surface area contributed by atoms with Gasteiger partial charge in [-0.2, -0.15) is 0 Å². The summed E-state index contributed by atoms with van der Waals surface area (Å²) < 4.78 is 11.0. The Balaban J connectivity index is 2.49. The molecule has 0 aromatic heterocycles. The summed E-state index contributed by atoms with van der Waals surface area (Å²) in [6, 6.07) is 0. The molecule has 0 spiro atoms. The van der Waals surface area contributed by atoms with Crippen molar-refractivity contribution in [1.29, 1.82) is 0 Å². The van der Waals surface area contributed by atoms with Gasteiger partial charge in [-0.05, 0) is 18.1 Å². The highest BCUT2D eigenvalue weighted by Crippen LogP contribution is 2.36. The smallest absolute Gasteiger partial charge is 0.330 e. The second kappa shape index (κ2) is 5.55. The first-order chi connectivity index (χ1) is 8.13. The molecular formula is C13H24O4Si. The van der Waals surface area contributed by atoms with E-state index in [2.05, 4.69) is 33.9 Å². The van der Waals surface area contributed by atoms with Crippen molar-refractivity contribution >= 4 is 14.3 Å². The third-order valence-electron chi connectivity index (χ3n) is 3.74. The van der Waals surface area contributed by atoms with E-state index in [9.17, 15) is 9.90 Å². The lowest BCUT2D eigenvalue weighted by Gasteiger charge is -2.37. The third-order valence-corrected chi connectivity index (χ3v) is 8.24. The van der Waals surface area contributed by atoms with Crippen LogP contribution in [0, 0.1) is 0 Å². The predicted molar refractivity (Wildman–Crippen MR) is 72.8 cm³/mol. The molecule has 0 unspecified atom stereocenters. The van der Waals surface area contributed by atoms with E-state index in [1.807, 2.05) is 0 Å². The molecule has 0 saturated carbocycles. The fourth-order valence-corrected chi connectivity index (χ4v) is 2.41. The average molecular weight is 272 g/mol. The van der Waals surface area contributed by atoms with Crippen LogP contribution in [0.4, 0.5) is 0 Å².